The molecule has 32 heavy (non-hydrogen) atoms. The van der Waals surface area contributed by atoms with Gasteiger partial charge in [0.05, 0.1) is 6.04 Å². The van der Waals surface area contributed by atoms with Crippen LogP contribution in [0.25, 0.3) is 0 Å². The van der Waals surface area contributed by atoms with Crippen molar-refractivity contribution in [3.8, 4) is 5.75 Å². The van der Waals surface area contributed by atoms with E-state index in [4.69, 9.17) is 0 Å². The Hall–Kier alpha value is -2.25. The number of amides is 1. The smallest absolute Gasteiger partial charge is 0.465 e. The molecule has 0 spiro atoms. The Morgan fingerprint density at radius 3 is 2.59 bits per heavy atom. The van der Waals surface area contributed by atoms with Crippen LogP contribution in [0, 0.1) is 6.92 Å². The van der Waals surface area contributed by atoms with Crippen LogP contribution in [-0.2, 0) is 10.1 Å². The molecule has 13 heteroatoms. The minimum atomic E-state index is -5.87. The first kappa shape index (κ1) is 24.4. The Kier molecular flexibility index (Phi) is 7.40. The summed E-state index contributed by atoms with van der Waals surface area (Å²) in [6, 6.07) is 1.66. The van der Waals surface area contributed by atoms with E-state index in [9.17, 15) is 31.5 Å². The van der Waals surface area contributed by atoms with Crippen LogP contribution in [0.3, 0.4) is 0 Å². The number of anilines is 1. The van der Waals surface area contributed by atoms with Crippen LogP contribution in [0.4, 0.5) is 23.7 Å². The molecule has 0 aliphatic carbocycles. The average Bonchev–Trinajstić information content (AvgIpc) is 3.22. The van der Waals surface area contributed by atoms with E-state index >= 15 is 0 Å². The van der Waals surface area contributed by atoms with Crippen LogP contribution in [0.5, 0.6) is 5.75 Å². The molecule has 3 rings (SSSR count). The van der Waals surface area contributed by atoms with Crippen LogP contribution in [0.1, 0.15) is 30.0 Å². The second-order valence-corrected chi connectivity index (χ2v) is 9.38. The fourth-order valence-electron chi connectivity index (χ4n) is 4.03. The van der Waals surface area contributed by atoms with Crippen molar-refractivity contribution in [2.45, 2.75) is 31.3 Å². The first-order chi connectivity index (χ1) is 15.0. The van der Waals surface area contributed by atoms with E-state index in [0.717, 1.165) is 32.0 Å². The van der Waals surface area contributed by atoms with Gasteiger partial charge in [0.15, 0.2) is 0 Å². The summed E-state index contributed by atoms with van der Waals surface area (Å²) in [4.78, 5) is 15.1. The Balaban J connectivity index is 1.93. The number of benzene rings is 1. The molecule has 2 saturated heterocycles. The largest absolute Gasteiger partial charge is 0.534 e. The van der Waals surface area contributed by atoms with Crippen molar-refractivity contribution >= 4 is 21.9 Å². The van der Waals surface area contributed by atoms with Gasteiger partial charge in [-0.25, -0.2) is 4.79 Å². The third-order valence-corrected chi connectivity index (χ3v) is 6.68. The molecule has 2 heterocycles. The monoisotopic (exact) mass is 480 g/mol. The Labute approximate surface area is 184 Å². The number of alkyl halides is 3. The topological polar surface area (TPSA) is 111 Å². The lowest BCUT2D eigenvalue weighted by molar-refractivity contribution is -0.0500. The highest BCUT2D eigenvalue weighted by Gasteiger charge is 2.48. The van der Waals surface area contributed by atoms with E-state index in [1.165, 1.54) is 11.0 Å². The molecular formula is C19H27F3N4O5S. The molecule has 2 aliphatic heterocycles. The molecule has 0 bridgehead atoms. The van der Waals surface area contributed by atoms with Gasteiger partial charge in [-0.1, -0.05) is 0 Å². The molecule has 1 amide bonds. The van der Waals surface area contributed by atoms with Crippen LogP contribution in [0.15, 0.2) is 12.1 Å². The highest BCUT2D eigenvalue weighted by molar-refractivity contribution is 7.88. The van der Waals surface area contributed by atoms with Gasteiger partial charge in [0.1, 0.15) is 5.75 Å². The predicted molar refractivity (Wildman–Crippen MR) is 111 cm³/mol. The summed E-state index contributed by atoms with van der Waals surface area (Å²) >= 11 is 0. The first-order valence-corrected chi connectivity index (χ1v) is 11.7. The van der Waals surface area contributed by atoms with Crippen molar-refractivity contribution in [3.63, 3.8) is 0 Å². The van der Waals surface area contributed by atoms with Crippen molar-refractivity contribution in [1.29, 1.82) is 0 Å². The maximum atomic E-state index is 12.9. The summed E-state index contributed by atoms with van der Waals surface area (Å²) in [5, 5.41) is 15.8. The Bertz CT molecular complexity index is 936. The number of hydrogen-bond acceptors (Lipinski definition) is 7. The number of piperazine rings is 1. The van der Waals surface area contributed by atoms with Gasteiger partial charge in [0.25, 0.3) is 0 Å². The van der Waals surface area contributed by atoms with Gasteiger partial charge in [-0.2, -0.15) is 21.6 Å². The number of carbonyl (C=O) groups is 1. The standard InChI is InChI=1S/C19H27F3N4O5S/c1-13-15(17-12-23-4-9-26(17)18(27)28)10-14(31-32(29,30)19(20,21)22)11-16(13)24-5-8-25-6-2-3-7-25/h10-11,17,23-24H,2-9,12H2,1H3,(H,27,28). The van der Waals surface area contributed by atoms with Crippen LogP contribution in [-0.4, -0.2) is 80.7 Å². The van der Waals surface area contributed by atoms with Gasteiger partial charge >= 0.3 is 21.7 Å². The lowest BCUT2D eigenvalue weighted by Gasteiger charge is -2.35. The molecule has 1 unspecified atom stereocenters. The number of nitrogens with one attached hydrogen (secondary N) is 2. The summed E-state index contributed by atoms with van der Waals surface area (Å²) < 4.78 is 66.1. The van der Waals surface area contributed by atoms with Gasteiger partial charge < -0.3 is 24.8 Å². The maximum absolute atomic E-state index is 12.9. The minimum absolute atomic E-state index is 0.184. The van der Waals surface area contributed by atoms with E-state index in [-0.39, 0.29) is 13.1 Å². The molecular weight excluding hydrogens is 453 g/mol. The zero-order chi connectivity index (χ0) is 23.5. The van der Waals surface area contributed by atoms with Crippen molar-refractivity contribution in [2.75, 3.05) is 51.1 Å². The SMILES string of the molecule is Cc1c(NCCN2CCCC2)cc(OS(=O)(=O)C(F)(F)F)cc1C1CNCCN1C(=O)O. The Morgan fingerprint density at radius 2 is 1.97 bits per heavy atom. The van der Waals surface area contributed by atoms with Crippen LogP contribution >= 0.6 is 0 Å². The molecule has 2 fully saturated rings. The molecule has 180 valence electrons. The molecule has 1 aromatic rings. The van der Waals surface area contributed by atoms with Crippen molar-refractivity contribution in [1.82, 2.24) is 15.1 Å². The van der Waals surface area contributed by atoms with Crippen molar-refractivity contribution < 1.29 is 35.7 Å². The summed E-state index contributed by atoms with van der Waals surface area (Å²) in [7, 11) is -5.87. The molecule has 1 atom stereocenters. The molecule has 9 nitrogen and oxygen atoms in total. The van der Waals surface area contributed by atoms with Gasteiger partial charge in [-0.05, 0) is 50.0 Å². The molecule has 0 aromatic heterocycles. The highest BCUT2D eigenvalue weighted by atomic mass is 32.2. The van der Waals surface area contributed by atoms with E-state index in [0.29, 0.717) is 36.4 Å². The zero-order valence-electron chi connectivity index (χ0n) is 17.6. The van der Waals surface area contributed by atoms with Crippen molar-refractivity contribution in [3.05, 3.63) is 23.3 Å². The van der Waals surface area contributed by atoms with Crippen molar-refractivity contribution in [2.24, 2.45) is 0 Å². The Morgan fingerprint density at radius 1 is 1.28 bits per heavy atom. The minimum Gasteiger partial charge on any atom is -0.465 e. The van der Waals surface area contributed by atoms with Crippen LogP contribution in [0.2, 0.25) is 0 Å². The normalized spacial score (nSPS) is 20.4. The molecule has 3 N–H and O–H groups in total. The summed E-state index contributed by atoms with van der Waals surface area (Å²) in [6.45, 7) is 5.71. The third kappa shape index (κ3) is 5.56. The van der Waals surface area contributed by atoms with Gasteiger partial charge in [-0.15, -0.1) is 0 Å². The number of rotatable bonds is 7. The average molecular weight is 481 g/mol. The van der Waals surface area contributed by atoms with E-state index in [2.05, 4.69) is 19.7 Å². The fourth-order valence-corrected chi connectivity index (χ4v) is 4.47. The summed E-state index contributed by atoms with van der Waals surface area (Å²) in [5.74, 6) is -0.525. The number of nitrogens with zero attached hydrogens (tertiary/aromatic N) is 2. The number of carboxylic acid groups (broad SMARTS) is 1. The number of halogens is 3. The highest BCUT2D eigenvalue weighted by Crippen LogP contribution is 2.36. The van der Waals surface area contributed by atoms with E-state index in [1.54, 1.807) is 6.92 Å². The second kappa shape index (κ2) is 9.71. The quantitative estimate of drug-likeness (QED) is 0.403. The summed E-state index contributed by atoms with van der Waals surface area (Å²) in [6.07, 6.45) is 1.05. The van der Waals surface area contributed by atoms with E-state index in [1.807, 2.05) is 0 Å². The maximum Gasteiger partial charge on any atom is 0.534 e. The third-order valence-electron chi connectivity index (χ3n) is 5.70. The lowest BCUT2D eigenvalue weighted by Crippen LogP contribution is -2.48. The predicted octanol–water partition coefficient (Wildman–Crippen LogP) is 2.36. The number of hydrogen-bond donors (Lipinski definition) is 3. The van der Waals surface area contributed by atoms with E-state index < -0.39 is 33.5 Å². The van der Waals surface area contributed by atoms with Gasteiger partial charge in [-0.3, -0.25) is 4.90 Å². The van der Waals surface area contributed by atoms with Crippen LogP contribution < -0.4 is 14.8 Å². The molecule has 1 aromatic carbocycles. The molecule has 2 aliphatic rings. The number of likely N-dealkylation sites (tertiary alicyclic amines) is 1. The van der Waals surface area contributed by atoms with Gasteiger partial charge in [0.2, 0.25) is 0 Å². The summed E-state index contributed by atoms with van der Waals surface area (Å²) in [5.41, 5.74) is -4.20. The first-order valence-electron chi connectivity index (χ1n) is 10.3. The van der Waals surface area contributed by atoms with Gasteiger partial charge in [0, 0.05) is 44.5 Å². The zero-order valence-corrected chi connectivity index (χ0v) is 18.4. The lowest BCUT2D eigenvalue weighted by atomic mass is 9.96. The molecule has 0 saturated carbocycles. The second-order valence-electron chi connectivity index (χ2n) is 7.84. The fraction of sp³-hybridized carbons (Fsp3) is 0.632. The molecule has 0 radical (unpaired) electrons.